The zero-order valence-electron chi connectivity index (χ0n) is 7.75. The Bertz CT molecular complexity index is 227. The monoisotopic (exact) mass is 180 g/mol. The van der Waals surface area contributed by atoms with Crippen LogP contribution in [0, 0.1) is 5.92 Å². The number of hydrogen-bond acceptors (Lipinski definition) is 3. The maximum atomic E-state index is 4.98. The molecule has 0 aromatic carbocycles. The van der Waals surface area contributed by atoms with Crippen molar-refractivity contribution in [2.75, 3.05) is 19.6 Å². The van der Waals surface area contributed by atoms with Crippen LogP contribution in [0.15, 0.2) is 23.0 Å². The van der Waals surface area contributed by atoms with Gasteiger partial charge in [-0.2, -0.15) is 0 Å². The Balaban J connectivity index is 1.63. The standard InChI is InChI=1S/C10H16N2O/c1-3-11-5-9(1)6-12-7-10-2-4-13-8-10/h2,4,8-9,11-12H,1,3,5-7H2. The molecule has 13 heavy (non-hydrogen) atoms. The van der Waals surface area contributed by atoms with E-state index in [1.165, 1.54) is 25.1 Å². The molecule has 1 unspecified atom stereocenters. The van der Waals surface area contributed by atoms with Gasteiger partial charge in [-0.15, -0.1) is 0 Å². The molecule has 1 aromatic heterocycles. The number of nitrogens with one attached hydrogen (secondary N) is 2. The third-order valence-electron chi connectivity index (χ3n) is 2.50. The van der Waals surface area contributed by atoms with Crippen molar-refractivity contribution in [3.63, 3.8) is 0 Å². The first kappa shape index (κ1) is 8.78. The highest BCUT2D eigenvalue weighted by Crippen LogP contribution is 2.06. The van der Waals surface area contributed by atoms with Gasteiger partial charge in [-0.05, 0) is 38.0 Å². The highest BCUT2D eigenvalue weighted by atomic mass is 16.3. The van der Waals surface area contributed by atoms with Crippen molar-refractivity contribution >= 4 is 0 Å². The summed E-state index contributed by atoms with van der Waals surface area (Å²) in [5.41, 5.74) is 1.23. The van der Waals surface area contributed by atoms with E-state index < -0.39 is 0 Å². The summed E-state index contributed by atoms with van der Waals surface area (Å²) in [4.78, 5) is 0. The van der Waals surface area contributed by atoms with Gasteiger partial charge in [-0.25, -0.2) is 0 Å². The fourth-order valence-electron chi connectivity index (χ4n) is 1.70. The maximum Gasteiger partial charge on any atom is 0.0947 e. The number of furan rings is 1. The summed E-state index contributed by atoms with van der Waals surface area (Å²) in [7, 11) is 0. The lowest BCUT2D eigenvalue weighted by Gasteiger charge is -2.08. The van der Waals surface area contributed by atoms with Crippen molar-refractivity contribution in [3.05, 3.63) is 24.2 Å². The van der Waals surface area contributed by atoms with E-state index in [1.54, 1.807) is 12.5 Å². The Morgan fingerprint density at radius 3 is 3.31 bits per heavy atom. The summed E-state index contributed by atoms with van der Waals surface area (Å²) in [6.07, 6.45) is 4.81. The quantitative estimate of drug-likeness (QED) is 0.725. The largest absolute Gasteiger partial charge is 0.472 e. The first-order chi connectivity index (χ1) is 6.45. The highest BCUT2D eigenvalue weighted by molar-refractivity contribution is 5.04. The lowest BCUT2D eigenvalue weighted by atomic mass is 10.1. The molecule has 2 heterocycles. The summed E-state index contributed by atoms with van der Waals surface area (Å²) < 4.78 is 4.98. The Morgan fingerprint density at radius 1 is 1.62 bits per heavy atom. The van der Waals surface area contributed by atoms with Crippen LogP contribution in [0.5, 0.6) is 0 Å². The van der Waals surface area contributed by atoms with Crippen LogP contribution in [0.1, 0.15) is 12.0 Å². The van der Waals surface area contributed by atoms with E-state index in [4.69, 9.17) is 4.42 Å². The fraction of sp³-hybridized carbons (Fsp3) is 0.600. The molecule has 1 fully saturated rings. The van der Waals surface area contributed by atoms with Crippen LogP contribution in [0.25, 0.3) is 0 Å². The average molecular weight is 180 g/mol. The Labute approximate surface area is 78.5 Å². The zero-order chi connectivity index (χ0) is 8.93. The Kier molecular flexibility index (Phi) is 3.00. The van der Waals surface area contributed by atoms with E-state index in [-0.39, 0.29) is 0 Å². The molecular weight excluding hydrogens is 164 g/mol. The normalized spacial score (nSPS) is 22.3. The molecule has 1 aromatic rings. The zero-order valence-corrected chi connectivity index (χ0v) is 7.75. The van der Waals surface area contributed by atoms with Crippen molar-refractivity contribution in [2.24, 2.45) is 5.92 Å². The molecule has 3 heteroatoms. The van der Waals surface area contributed by atoms with E-state index >= 15 is 0 Å². The van der Waals surface area contributed by atoms with Gasteiger partial charge in [0.15, 0.2) is 0 Å². The lowest BCUT2D eigenvalue weighted by Crippen LogP contribution is -2.23. The molecule has 1 aliphatic rings. The van der Waals surface area contributed by atoms with Gasteiger partial charge < -0.3 is 15.1 Å². The third kappa shape index (κ3) is 2.57. The third-order valence-corrected chi connectivity index (χ3v) is 2.50. The van der Waals surface area contributed by atoms with Crippen molar-refractivity contribution in [3.8, 4) is 0 Å². The second kappa shape index (κ2) is 4.44. The lowest BCUT2D eigenvalue weighted by molar-refractivity contribution is 0.508. The van der Waals surface area contributed by atoms with Gasteiger partial charge in [0.05, 0.1) is 12.5 Å². The molecule has 3 nitrogen and oxygen atoms in total. The van der Waals surface area contributed by atoms with Crippen LogP contribution >= 0.6 is 0 Å². The van der Waals surface area contributed by atoms with Crippen molar-refractivity contribution in [1.29, 1.82) is 0 Å². The molecule has 0 saturated carbocycles. The van der Waals surface area contributed by atoms with Crippen LogP contribution < -0.4 is 10.6 Å². The van der Waals surface area contributed by atoms with Gasteiger partial charge in [-0.3, -0.25) is 0 Å². The molecule has 2 rings (SSSR count). The van der Waals surface area contributed by atoms with Crippen LogP contribution in [0.3, 0.4) is 0 Å². The smallest absolute Gasteiger partial charge is 0.0947 e. The second-order valence-corrected chi connectivity index (χ2v) is 3.62. The first-order valence-corrected chi connectivity index (χ1v) is 4.87. The van der Waals surface area contributed by atoms with Gasteiger partial charge in [0.1, 0.15) is 0 Å². The topological polar surface area (TPSA) is 37.2 Å². The van der Waals surface area contributed by atoms with Crippen molar-refractivity contribution in [1.82, 2.24) is 10.6 Å². The fourth-order valence-corrected chi connectivity index (χ4v) is 1.70. The highest BCUT2D eigenvalue weighted by Gasteiger charge is 2.13. The molecule has 0 spiro atoms. The average Bonchev–Trinajstić information content (AvgIpc) is 2.75. The van der Waals surface area contributed by atoms with E-state index in [0.29, 0.717) is 0 Å². The molecule has 72 valence electrons. The molecule has 1 aliphatic heterocycles. The minimum absolute atomic E-state index is 0.812. The van der Waals surface area contributed by atoms with Crippen LogP contribution in [-0.2, 0) is 6.54 Å². The predicted octanol–water partition coefficient (Wildman–Crippen LogP) is 0.979. The molecule has 1 saturated heterocycles. The molecule has 2 N–H and O–H groups in total. The SMILES string of the molecule is c1cc(CNCC2CCNC2)co1. The molecule has 0 bridgehead atoms. The van der Waals surface area contributed by atoms with Crippen molar-refractivity contribution in [2.45, 2.75) is 13.0 Å². The van der Waals surface area contributed by atoms with E-state index in [9.17, 15) is 0 Å². The summed E-state index contributed by atoms with van der Waals surface area (Å²) in [6, 6.07) is 2.00. The summed E-state index contributed by atoms with van der Waals surface area (Å²) in [5, 5.41) is 6.79. The molecule has 0 amide bonds. The van der Waals surface area contributed by atoms with E-state index in [0.717, 1.165) is 19.0 Å². The molecule has 0 radical (unpaired) electrons. The minimum Gasteiger partial charge on any atom is -0.472 e. The first-order valence-electron chi connectivity index (χ1n) is 4.87. The summed E-state index contributed by atoms with van der Waals surface area (Å²) in [5.74, 6) is 0.812. The summed E-state index contributed by atoms with van der Waals surface area (Å²) >= 11 is 0. The van der Waals surface area contributed by atoms with Gasteiger partial charge in [0, 0.05) is 12.1 Å². The van der Waals surface area contributed by atoms with Crippen molar-refractivity contribution < 1.29 is 4.42 Å². The number of rotatable bonds is 4. The Morgan fingerprint density at radius 2 is 2.62 bits per heavy atom. The predicted molar refractivity (Wildman–Crippen MR) is 51.4 cm³/mol. The maximum absolute atomic E-state index is 4.98. The van der Waals surface area contributed by atoms with Crippen LogP contribution in [-0.4, -0.2) is 19.6 Å². The molecule has 1 atom stereocenters. The molecular formula is C10H16N2O. The number of hydrogen-bond donors (Lipinski definition) is 2. The summed E-state index contributed by atoms with van der Waals surface area (Å²) in [6.45, 7) is 4.38. The van der Waals surface area contributed by atoms with E-state index in [2.05, 4.69) is 10.6 Å². The molecule has 0 aliphatic carbocycles. The van der Waals surface area contributed by atoms with Gasteiger partial charge >= 0.3 is 0 Å². The van der Waals surface area contributed by atoms with Crippen LogP contribution in [0.4, 0.5) is 0 Å². The van der Waals surface area contributed by atoms with Gasteiger partial charge in [-0.1, -0.05) is 0 Å². The van der Waals surface area contributed by atoms with Gasteiger partial charge in [0.2, 0.25) is 0 Å². The van der Waals surface area contributed by atoms with Gasteiger partial charge in [0.25, 0.3) is 0 Å². The Hall–Kier alpha value is -0.800. The minimum atomic E-state index is 0.812. The van der Waals surface area contributed by atoms with E-state index in [1.807, 2.05) is 6.07 Å². The second-order valence-electron chi connectivity index (χ2n) is 3.62. The van der Waals surface area contributed by atoms with Crippen LogP contribution in [0.2, 0.25) is 0 Å².